The molecule has 0 fully saturated rings. The molecule has 1 aromatic carbocycles. The summed E-state index contributed by atoms with van der Waals surface area (Å²) in [7, 11) is 1.93. The van der Waals surface area contributed by atoms with Crippen molar-refractivity contribution in [3.63, 3.8) is 0 Å². The third kappa shape index (κ3) is 6.27. The summed E-state index contributed by atoms with van der Waals surface area (Å²) in [4.78, 5) is 0. The lowest BCUT2D eigenvalue weighted by Crippen LogP contribution is -2.18. The lowest BCUT2D eigenvalue weighted by Gasteiger charge is -2.08. The SMILES string of the molecule is CNCCNc1nnc(-c2ccccc2)cc1C.Cl.Cl.O. The van der Waals surface area contributed by atoms with Crippen molar-refractivity contribution < 1.29 is 5.48 Å². The smallest absolute Gasteiger partial charge is 0.151 e. The molecule has 0 unspecified atom stereocenters. The minimum Gasteiger partial charge on any atom is -0.412 e. The maximum Gasteiger partial charge on any atom is 0.151 e. The fraction of sp³-hybridized carbons (Fsp3) is 0.286. The summed E-state index contributed by atoms with van der Waals surface area (Å²) in [5.74, 6) is 0.852. The standard InChI is InChI=1S/C14H18N4.2ClH.H2O/c1-11-10-13(12-6-4-3-5-7-12)17-18-14(11)16-9-8-15-2;;;/h3-7,10,15H,8-9H2,1-2H3,(H,16,18);2*1H;1H2. The first kappa shape index (κ1) is 21.9. The normalized spacial score (nSPS) is 8.86. The molecule has 1 heterocycles. The van der Waals surface area contributed by atoms with Crippen molar-refractivity contribution in [1.29, 1.82) is 0 Å². The molecule has 7 heteroatoms. The number of hydrogen-bond acceptors (Lipinski definition) is 4. The van der Waals surface area contributed by atoms with Gasteiger partial charge in [0, 0.05) is 18.7 Å². The second-order valence-electron chi connectivity index (χ2n) is 4.16. The average molecular weight is 333 g/mol. The zero-order valence-electron chi connectivity index (χ0n) is 12.1. The Kier molecular flexibility index (Phi) is 11.8. The predicted octanol–water partition coefficient (Wildman–Crippen LogP) is 2.10. The van der Waals surface area contributed by atoms with Gasteiger partial charge < -0.3 is 16.1 Å². The molecule has 2 aromatic rings. The minimum atomic E-state index is 0. The van der Waals surface area contributed by atoms with E-state index in [1.54, 1.807) is 0 Å². The molecule has 0 aliphatic rings. The fourth-order valence-corrected chi connectivity index (χ4v) is 1.72. The van der Waals surface area contributed by atoms with Gasteiger partial charge >= 0.3 is 0 Å². The highest BCUT2D eigenvalue weighted by Gasteiger charge is 2.04. The number of likely N-dealkylation sites (N-methyl/N-ethyl adjacent to an activating group) is 1. The summed E-state index contributed by atoms with van der Waals surface area (Å²) >= 11 is 0. The number of anilines is 1. The fourth-order valence-electron chi connectivity index (χ4n) is 1.72. The van der Waals surface area contributed by atoms with E-state index in [1.807, 2.05) is 44.3 Å². The number of benzene rings is 1. The van der Waals surface area contributed by atoms with Gasteiger partial charge in [0.25, 0.3) is 0 Å². The quantitative estimate of drug-likeness (QED) is 0.821. The van der Waals surface area contributed by atoms with E-state index in [1.165, 1.54) is 0 Å². The monoisotopic (exact) mass is 332 g/mol. The van der Waals surface area contributed by atoms with Crippen LogP contribution in [0.5, 0.6) is 0 Å². The highest BCUT2D eigenvalue weighted by Crippen LogP contribution is 2.19. The molecule has 118 valence electrons. The Bertz CT molecular complexity index is 512. The van der Waals surface area contributed by atoms with Gasteiger partial charge in [0.15, 0.2) is 5.82 Å². The molecule has 0 atom stereocenters. The van der Waals surface area contributed by atoms with Crippen LogP contribution in [0.25, 0.3) is 11.3 Å². The van der Waals surface area contributed by atoms with Gasteiger partial charge in [-0.1, -0.05) is 30.3 Å². The Morgan fingerprint density at radius 1 is 1.00 bits per heavy atom. The van der Waals surface area contributed by atoms with Crippen LogP contribution in [0.15, 0.2) is 36.4 Å². The molecule has 0 aliphatic carbocycles. The third-order valence-electron chi connectivity index (χ3n) is 2.72. The van der Waals surface area contributed by atoms with Gasteiger partial charge in [0.05, 0.1) is 5.69 Å². The first-order valence-electron chi connectivity index (χ1n) is 6.09. The lowest BCUT2D eigenvalue weighted by molar-refractivity contribution is 0.817. The zero-order chi connectivity index (χ0) is 12.8. The van der Waals surface area contributed by atoms with E-state index in [4.69, 9.17) is 0 Å². The number of nitrogens with zero attached hydrogens (tertiary/aromatic N) is 2. The van der Waals surface area contributed by atoms with Crippen LogP contribution in [-0.4, -0.2) is 35.8 Å². The first-order valence-corrected chi connectivity index (χ1v) is 6.09. The maximum atomic E-state index is 4.26. The van der Waals surface area contributed by atoms with E-state index in [0.29, 0.717) is 0 Å². The van der Waals surface area contributed by atoms with Gasteiger partial charge in [-0.2, -0.15) is 0 Å². The molecular formula is C14H22Cl2N4O. The van der Waals surface area contributed by atoms with Crippen LogP contribution in [0.1, 0.15) is 5.56 Å². The van der Waals surface area contributed by atoms with E-state index < -0.39 is 0 Å². The number of hydrogen-bond donors (Lipinski definition) is 2. The highest BCUT2D eigenvalue weighted by atomic mass is 35.5. The molecule has 0 saturated carbocycles. The van der Waals surface area contributed by atoms with Gasteiger partial charge in [0.1, 0.15) is 0 Å². The Hall–Kier alpha value is -1.40. The molecule has 0 spiro atoms. The van der Waals surface area contributed by atoms with Crippen LogP contribution in [0.4, 0.5) is 5.82 Å². The summed E-state index contributed by atoms with van der Waals surface area (Å²) in [5.41, 5.74) is 3.11. The average Bonchev–Trinajstić information content (AvgIpc) is 2.42. The topological polar surface area (TPSA) is 81.3 Å². The lowest BCUT2D eigenvalue weighted by atomic mass is 10.1. The minimum absolute atomic E-state index is 0. The van der Waals surface area contributed by atoms with E-state index >= 15 is 0 Å². The maximum absolute atomic E-state index is 4.26. The molecule has 0 amide bonds. The molecule has 0 bridgehead atoms. The molecule has 0 aliphatic heterocycles. The first-order chi connectivity index (χ1) is 8.81. The van der Waals surface area contributed by atoms with Crippen molar-refractivity contribution in [2.24, 2.45) is 0 Å². The van der Waals surface area contributed by atoms with Crippen molar-refractivity contribution >= 4 is 30.6 Å². The van der Waals surface area contributed by atoms with Crippen LogP contribution < -0.4 is 10.6 Å². The second-order valence-corrected chi connectivity index (χ2v) is 4.16. The molecule has 4 N–H and O–H groups in total. The summed E-state index contributed by atoms with van der Waals surface area (Å²) in [5, 5.41) is 14.8. The Labute approximate surface area is 137 Å². The Balaban J connectivity index is 0. The van der Waals surface area contributed by atoms with Crippen molar-refractivity contribution in [3.05, 3.63) is 42.0 Å². The predicted molar refractivity (Wildman–Crippen MR) is 92.7 cm³/mol. The van der Waals surface area contributed by atoms with E-state index in [9.17, 15) is 0 Å². The van der Waals surface area contributed by atoms with Crippen LogP contribution in [0.2, 0.25) is 0 Å². The molecule has 0 saturated heterocycles. The second kappa shape index (κ2) is 11.3. The molecular weight excluding hydrogens is 311 g/mol. The molecule has 5 nitrogen and oxygen atoms in total. The molecule has 2 rings (SSSR count). The Morgan fingerprint density at radius 3 is 2.24 bits per heavy atom. The van der Waals surface area contributed by atoms with Crippen molar-refractivity contribution in [3.8, 4) is 11.3 Å². The van der Waals surface area contributed by atoms with Crippen molar-refractivity contribution in [2.45, 2.75) is 6.92 Å². The van der Waals surface area contributed by atoms with Gasteiger partial charge in [-0.25, -0.2) is 0 Å². The van der Waals surface area contributed by atoms with Crippen molar-refractivity contribution in [2.75, 3.05) is 25.5 Å². The third-order valence-corrected chi connectivity index (χ3v) is 2.72. The number of nitrogens with one attached hydrogen (secondary N) is 2. The van der Waals surface area contributed by atoms with Gasteiger partial charge in [0.2, 0.25) is 0 Å². The van der Waals surface area contributed by atoms with Gasteiger partial charge in [-0.05, 0) is 25.6 Å². The summed E-state index contributed by atoms with van der Waals surface area (Å²) in [6, 6.07) is 12.1. The van der Waals surface area contributed by atoms with Crippen molar-refractivity contribution in [1.82, 2.24) is 15.5 Å². The van der Waals surface area contributed by atoms with Crippen LogP contribution in [-0.2, 0) is 0 Å². The van der Waals surface area contributed by atoms with Gasteiger partial charge in [-0.15, -0.1) is 35.0 Å². The largest absolute Gasteiger partial charge is 0.412 e. The molecule has 21 heavy (non-hydrogen) atoms. The molecule has 0 radical (unpaired) electrons. The number of rotatable bonds is 5. The van der Waals surface area contributed by atoms with Gasteiger partial charge in [-0.3, -0.25) is 0 Å². The summed E-state index contributed by atoms with van der Waals surface area (Å²) in [6.07, 6.45) is 0. The van der Waals surface area contributed by atoms with E-state index in [2.05, 4.69) is 26.9 Å². The molecule has 1 aromatic heterocycles. The number of aryl methyl sites for hydroxylation is 1. The van der Waals surface area contributed by atoms with Crippen LogP contribution >= 0.6 is 24.8 Å². The number of aromatic nitrogens is 2. The van der Waals surface area contributed by atoms with E-state index in [-0.39, 0.29) is 30.3 Å². The van der Waals surface area contributed by atoms with E-state index in [0.717, 1.165) is 35.7 Å². The summed E-state index contributed by atoms with van der Waals surface area (Å²) < 4.78 is 0. The summed E-state index contributed by atoms with van der Waals surface area (Å²) in [6.45, 7) is 3.79. The van der Waals surface area contributed by atoms with Crippen LogP contribution in [0.3, 0.4) is 0 Å². The number of halogens is 2. The van der Waals surface area contributed by atoms with Crippen LogP contribution in [0, 0.1) is 6.92 Å². The highest BCUT2D eigenvalue weighted by molar-refractivity contribution is 5.85. The Morgan fingerprint density at radius 2 is 1.67 bits per heavy atom. The zero-order valence-corrected chi connectivity index (χ0v) is 13.7.